The molecule has 5 heteroatoms. The molecular weight excluding hydrogens is 350 g/mol. The second-order valence-corrected chi connectivity index (χ2v) is 10.3. The Kier molecular flexibility index (Phi) is 4.67. The number of urea groups is 1. The van der Waals surface area contributed by atoms with Crippen LogP contribution in [0.5, 0.6) is 0 Å². The van der Waals surface area contributed by atoms with Gasteiger partial charge in [0, 0.05) is 25.6 Å². The fraction of sp³-hybridized carbons (Fsp3) is 0.652. The number of nitrogens with zero attached hydrogens (tertiary/aromatic N) is 2. The van der Waals surface area contributed by atoms with E-state index in [1.807, 2.05) is 28.0 Å². The topological polar surface area (TPSA) is 52.7 Å². The van der Waals surface area contributed by atoms with E-state index in [1.165, 1.54) is 6.42 Å². The highest BCUT2D eigenvalue weighted by atomic mass is 16.2. The average Bonchev–Trinajstić information content (AvgIpc) is 3.10. The minimum Gasteiger partial charge on any atom is -0.334 e. The monoisotopic (exact) mass is 383 g/mol. The molecule has 2 aliphatic heterocycles. The molecule has 3 fully saturated rings. The Bertz CT molecular complexity index is 762. The molecule has 1 aromatic rings. The zero-order valence-corrected chi connectivity index (χ0v) is 17.6. The number of carbonyl (C=O) groups is 2. The van der Waals surface area contributed by atoms with Crippen LogP contribution in [-0.2, 0) is 4.79 Å². The van der Waals surface area contributed by atoms with Crippen LogP contribution in [0.1, 0.15) is 65.0 Å². The molecule has 1 aliphatic carbocycles. The highest BCUT2D eigenvalue weighted by Gasteiger charge is 2.51. The van der Waals surface area contributed by atoms with E-state index in [2.05, 4.69) is 45.1 Å². The third kappa shape index (κ3) is 3.63. The first-order valence-electron chi connectivity index (χ1n) is 10.6. The van der Waals surface area contributed by atoms with Gasteiger partial charge in [-0.1, -0.05) is 51.1 Å². The van der Waals surface area contributed by atoms with Crippen molar-refractivity contribution in [3.8, 4) is 0 Å². The van der Waals surface area contributed by atoms with Crippen LogP contribution in [0, 0.1) is 10.8 Å². The average molecular weight is 384 g/mol. The Labute approximate surface area is 168 Å². The van der Waals surface area contributed by atoms with Gasteiger partial charge in [-0.2, -0.15) is 0 Å². The van der Waals surface area contributed by atoms with Crippen LogP contribution < -0.4 is 5.32 Å². The Morgan fingerprint density at radius 2 is 1.89 bits per heavy atom. The molecule has 2 saturated heterocycles. The van der Waals surface area contributed by atoms with Crippen LogP contribution in [-0.4, -0.2) is 46.9 Å². The molecule has 3 aliphatic rings. The molecular formula is C23H33N3O2. The second kappa shape index (κ2) is 6.78. The van der Waals surface area contributed by atoms with Crippen LogP contribution >= 0.6 is 0 Å². The molecule has 0 aromatic heterocycles. The molecule has 1 aromatic carbocycles. The molecule has 0 radical (unpaired) electrons. The number of nitrogens with one attached hydrogen (secondary N) is 1. The number of fused-ring (bicyclic) bond motifs is 2. The number of hydrogen-bond acceptors (Lipinski definition) is 2. The molecule has 4 atom stereocenters. The summed E-state index contributed by atoms with van der Waals surface area (Å²) < 4.78 is 0. The summed E-state index contributed by atoms with van der Waals surface area (Å²) in [7, 11) is 0. The van der Waals surface area contributed by atoms with Crippen molar-refractivity contribution in [1.29, 1.82) is 0 Å². The van der Waals surface area contributed by atoms with Gasteiger partial charge in [-0.15, -0.1) is 0 Å². The molecule has 4 rings (SSSR count). The van der Waals surface area contributed by atoms with Crippen molar-refractivity contribution in [2.75, 3.05) is 13.1 Å². The number of amides is 3. The van der Waals surface area contributed by atoms with Gasteiger partial charge in [0.2, 0.25) is 5.91 Å². The van der Waals surface area contributed by atoms with Crippen molar-refractivity contribution < 1.29 is 9.59 Å². The van der Waals surface area contributed by atoms with Crippen LogP contribution in [0.15, 0.2) is 30.3 Å². The first-order valence-corrected chi connectivity index (χ1v) is 10.6. The maximum atomic E-state index is 13.0. The maximum absolute atomic E-state index is 13.0. The molecule has 2 heterocycles. The van der Waals surface area contributed by atoms with E-state index in [0.29, 0.717) is 19.0 Å². The molecule has 1 N–H and O–H groups in total. The zero-order valence-electron chi connectivity index (χ0n) is 17.6. The van der Waals surface area contributed by atoms with Crippen molar-refractivity contribution in [2.24, 2.45) is 10.8 Å². The smallest absolute Gasteiger partial charge is 0.317 e. The summed E-state index contributed by atoms with van der Waals surface area (Å²) in [5.74, 6) is 0.120. The fourth-order valence-electron chi connectivity index (χ4n) is 6.07. The third-order valence-electron chi connectivity index (χ3n) is 6.91. The van der Waals surface area contributed by atoms with Gasteiger partial charge in [0.1, 0.15) is 0 Å². The number of carbonyl (C=O) groups excluding carboxylic acids is 2. The van der Waals surface area contributed by atoms with Gasteiger partial charge < -0.3 is 15.1 Å². The Hall–Kier alpha value is -2.04. The fourth-order valence-corrected chi connectivity index (χ4v) is 6.07. The van der Waals surface area contributed by atoms with Gasteiger partial charge in [-0.3, -0.25) is 4.79 Å². The number of hydrogen-bond donors (Lipinski definition) is 1. The maximum Gasteiger partial charge on any atom is 0.317 e. The van der Waals surface area contributed by atoms with E-state index in [4.69, 9.17) is 0 Å². The summed E-state index contributed by atoms with van der Waals surface area (Å²) >= 11 is 0. The van der Waals surface area contributed by atoms with Gasteiger partial charge in [0.25, 0.3) is 0 Å². The molecule has 1 saturated carbocycles. The standard InChI is InChI=1S/C23H33N3O2/c1-16(17-8-6-5-7-9-17)25-13-18(10-20(25)27)24-21(28)26-15-23(4)12-19(26)11-22(2,3)14-23/h5-9,16,18-19H,10-15H2,1-4H3,(H,24,28). The van der Waals surface area contributed by atoms with Crippen LogP contribution in [0.3, 0.4) is 0 Å². The van der Waals surface area contributed by atoms with Crippen LogP contribution in [0.25, 0.3) is 0 Å². The van der Waals surface area contributed by atoms with Gasteiger partial charge >= 0.3 is 6.03 Å². The lowest BCUT2D eigenvalue weighted by atomic mass is 9.65. The number of rotatable bonds is 3. The minimum absolute atomic E-state index is 0.0124. The summed E-state index contributed by atoms with van der Waals surface area (Å²) in [5, 5.41) is 3.17. The molecule has 0 spiro atoms. The quantitative estimate of drug-likeness (QED) is 0.859. The Morgan fingerprint density at radius 1 is 1.18 bits per heavy atom. The summed E-state index contributed by atoms with van der Waals surface area (Å²) in [6, 6.07) is 10.3. The molecule has 5 nitrogen and oxygen atoms in total. The van der Waals surface area contributed by atoms with E-state index >= 15 is 0 Å². The number of benzene rings is 1. The van der Waals surface area contributed by atoms with Crippen LogP contribution in [0.4, 0.5) is 4.79 Å². The van der Waals surface area contributed by atoms with Crippen molar-refractivity contribution >= 4 is 11.9 Å². The van der Waals surface area contributed by atoms with Crippen molar-refractivity contribution in [3.63, 3.8) is 0 Å². The SMILES string of the molecule is CC(c1ccccc1)N1CC(NC(=O)N2CC3(C)CC2CC(C)(C)C3)CC1=O. The first-order chi connectivity index (χ1) is 13.2. The molecule has 4 unspecified atom stereocenters. The Morgan fingerprint density at radius 3 is 2.61 bits per heavy atom. The van der Waals surface area contributed by atoms with Crippen molar-refractivity contribution in [1.82, 2.24) is 15.1 Å². The highest BCUT2D eigenvalue weighted by Crippen LogP contribution is 2.52. The molecule has 3 amide bonds. The summed E-state index contributed by atoms with van der Waals surface area (Å²) in [6.45, 7) is 10.4. The summed E-state index contributed by atoms with van der Waals surface area (Å²) in [5.41, 5.74) is 1.65. The van der Waals surface area contributed by atoms with E-state index in [-0.39, 0.29) is 34.9 Å². The summed E-state index contributed by atoms with van der Waals surface area (Å²) in [6.07, 6.45) is 3.73. The molecule has 2 bridgehead atoms. The molecule has 152 valence electrons. The largest absolute Gasteiger partial charge is 0.334 e. The van der Waals surface area contributed by atoms with E-state index in [1.54, 1.807) is 0 Å². The van der Waals surface area contributed by atoms with Crippen molar-refractivity contribution in [2.45, 2.75) is 71.5 Å². The predicted molar refractivity (Wildman–Crippen MR) is 110 cm³/mol. The first kappa shape index (κ1) is 19.3. The lowest BCUT2D eigenvalue weighted by molar-refractivity contribution is -0.129. The van der Waals surface area contributed by atoms with Crippen LogP contribution in [0.2, 0.25) is 0 Å². The normalized spacial score (nSPS) is 32.5. The Balaban J connectivity index is 1.39. The van der Waals surface area contributed by atoms with Gasteiger partial charge in [-0.05, 0) is 42.6 Å². The number of likely N-dealkylation sites (tertiary alicyclic amines) is 2. The zero-order chi connectivity index (χ0) is 20.1. The van der Waals surface area contributed by atoms with E-state index in [0.717, 1.165) is 24.9 Å². The lowest BCUT2D eigenvalue weighted by Crippen LogP contribution is -2.48. The van der Waals surface area contributed by atoms with E-state index in [9.17, 15) is 9.59 Å². The van der Waals surface area contributed by atoms with E-state index < -0.39 is 0 Å². The highest BCUT2D eigenvalue weighted by molar-refractivity contribution is 5.82. The van der Waals surface area contributed by atoms with Crippen molar-refractivity contribution in [3.05, 3.63) is 35.9 Å². The van der Waals surface area contributed by atoms with Gasteiger partial charge in [-0.25, -0.2) is 4.79 Å². The third-order valence-corrected chi connectivity index (χ3v) is 6.91. The molecule has 28 heavy (non-hydrogen) atoms. The lowest BCUT2D eigenvalue weighted by Gasteiger charge is -2.39. The summed E-state index contributed by atoms with van der Waals surface area (Å²) in [4.78, 5) is 29.6. The van der Waals surface area contributed by atoms with Gasteiger partial charge in [0.15, 0.2) is 0 Å². The van der Waals surface area contributed by atoms with Gasteiger partial charge in [0.05, 0.1) is 12.1 Å². The minimum atomic E-state index is -0.104. The predicted octanol–water partition coefficient (Wildman–Crippen LogP) is 3.96. The second-order valence-electron chi connectivity index (χ2n) is 10.3.